The fourth-order valence-corrected chi connectivity index (χ4v) is 2.38. The van der Waals surface area contributed by atoms with E-state index in [9.17, 15) is 4.79 Å². The molecule has 0 spiro atoms. The Bertz CT molecular complexity index is 638. The van der Waals surface area contributed by atoms with Crippen molar-refractivity contribution in [2.24, 2.45) is 0 Å². The van der Waals surface area contributed by atoms with E-state index in [4.69, 9.17) is 9.47 Å². The third-order valence-electron chi connectivity index (χ3n) is 3.55. The second kappa shape index (κ2) is 7.71. The number of carbonyl (C=O) groups is 1. The number of carbonyl (C=O) groups excluding carboxylic acids is 1. The maximum Gasteiger partial charge on any atom is 0.340 e. The van der Waals surface area contributed by atoms with Crippen LogP contribution in [0.15, 0.2) is 36.5 Å². The zero-order chi connectivity index (χ0) is 15.9. The van der Waals surface area contributed by atoms with Crippen LogP contribution in [0.5, 0.6) is 0 Å². The number of benzene rings is 1. The zero-order valence-corrected chi connectivity index (χ0v) is 13.3. The first kappa shape index (κ1) is 16.2. The third kappa shape index (κ3) is 3.71. The molecule has 2 rings (SSSR count). The van der Waals surface area contributed by atoms with Gasteiger partial charge in [0.2, 0.25) is 0 Å². The normalized spacial score (nSPS) is 10.5. The zero-order valence-electron chi connectivity index (χ0n) is 13.3. The van der Waals surface area contributed by atoms with Gasteiger partial charge in [-0.25, -0.2) is 4.79 Å². The van der Waals surface area contributed by atoms with Crippen LogP contribution in [0, 0.1) is 6.92 Å². The van der Waals surface area contributed by atoms with E-state index < -0.39 is 0 Å². The molecule has 1 heterocycles. The molecule has 4 heteroatoms. The van der Waals surface area contributed by atoms with Gasteiger partial charge in [-0.15, -0.1) is 0 Å². The van der Waals surface area contributed by atoms with E-state index in [1.807, 2.05) is 44.2 Å². The maximum atomic E-state index is 12.5. The molecule has 0 bridgehead atoms. The lowest BCUT2D eigenvalue weighted by Gasteiger charge is -2.14. The summed E-state index contributed by atoms with van der Waals surface area (Å²) in [4.78, 5) is 16.8. The van der Waals surface area contributed by atoms with E-state index in [2.05, 4.69) is 4.98 Å². The number of esters is 1. The highest BCUT2D eigenvalue weighted by atomic mass is 16.5. The van der Waals surface area contributed by atoms with Crippen molar-refractivity contribution in [3.05, 3.63) is 64.5 Å². The van der Waals surface area contributed by atoms with Gasteiger partial charge in [-0.3, -0.25) is 4.98 Å². The molecule has 0 unspecified atom stereocenters. The van der Waals surface area contributed by atoms with Gasteiger partial charge in [-0.2, -0.15) is 0 Å². The Morgan fingerprint density at radius 1 is 1.18 bits per heavy atom. The molecular weight excluding hydrogens is 278 g/mol. The Kier molecular flexibility index (Phi) is 5.67. The quantitative estimate of drug-likeness (QED) is 0.766. The molecule has 0 aliphatic heterocycles. The van der Waals surface area contributed by atoms with Crippen molar-refractivity contribution in [3.8, 4) is 0 Å². The molecule has 0 saturated carbocycles. The molecule has 0 fully saturated rings. The van der Waals surface area contributed by atoms with Crippen LogP contribution in [0.2, 0.25) is 0 Å². The van der Waals surface area contributed by atoms with E-state index in [0.717, 1.165) is 23.1 Å². The number of rotatable bonds is 6. The largest absolute Gasteiger partial charge is 0.457 e. The number of hydrogen-bond donors (Lipinski definition) is 0. The molecule has 22 heavy (non-hydrogen) atoms. The van der Waals surface area contributed by atoms with Crippen molar-refractivity contribution in [3.63, 3.8) is 0 Å². The third-order valence-corrected chi connectivity index (χ3v) is 3.55. The van der Waals surface area contributed by atoms with Crippen LogP contribution < -0.4 is 0 Å². The van der Waals surface area contributed by atoms with E-state index in [0.29, 0.717) is 17.9 Å². The van der Waals surface area contributed by atoms with Crippen molar-refractivity contribution in [1.29, 1.82) is 0 Å². The smallest absolute Gasteiger partial charge is 0.340 e. The lowest BCUT2D eigenvalue weighted by atomic mass is 10.0. The molecule has 2 aromatic rings. The van der Waals surface area contributed by atoms with Crippen LogP contribution in [-0.4, -0.2) is 18.1 Å². The lowest BCUT2D eigenvalue weighted by Crippen LogP contribution is -2.14. The van der Waals surface area contributed by atoms with Gasteiger partial charge in [0.05, 0.1) is 17.9 Å². The van der Waals surface area contributed by atoms with Crippen LogP contribution in [0.1, 0.15) is 39.7 Å². The monoisotopic (exact) mass is 299 g/mol. The summed E-state index contributed by atoms with van der Waals surface area (Å²) in [5.41, 5.74) is 4.04. The van der Waals surface area contributed by atoms with Gasteiger partial charge in [0.1, 0.15) is 6.61 Å². The molecule has 1 aromatic heterocycles. The van der Waals surface area contributed by atoms with Crippen LogP contribution in [0.4, 0.5) is 0 Å². The molecule has 0 aliphatic rings. The minimum absolute atomic E-state index is 0.252. The van der Waals surface area contributed by atoms with Crippen molar-refractivity contribution < 1.29 is 14.3 Å². The topological polar surface area (TPSA) is 48.4 Å². The Morgan fingerprint density at radius 2 is 1.91 bits per heavy atom. The van der Waals surface area contributed by atoms with Crippen LogP contribution in [-0.2, 0) is 29.1 Å². The number of hydrogen-bond acceptors (Lipinski definition) is 4. The lowest BCUT2D eigenvalue weighted by molar-refractivity contribution is 0.0466. The first-order valence-electron chi connectivity index (χ1n) is 7.34. The molecule has 116 valence electrons. The van der Waals surface area contributed by atoms with Crippen molar-refractivity contribution in [2.75, 3.05) is 7.11 Å². The van der Waals surface area contributed by atoms with Gasteiger partial charge in [0.25, 0.3) is 0 Å². The number of pyridine rings is 1. The first-order chi connectivity index (χ1) is 10.7. The minimum atomic E-state index is -0.351. The Morgan fingerprint density at radius 3 is 2.55 bits per heavy atom. The fraction of sp³-hybridized carbons (Fsp3) is 0.333. The molecule has 0 saturated heterocycles. The minimum Gasteiger partial charge on any atom is -0.457 e. The van der Waals surface area contributed by atoms with Crippen LogP contribution >= 0.6 is 0 Å². The van der Waals surface area contributed by atoms with Gasteiger partial charge in [0, 0.05) is 13.3 Å². The summed E-state index contributed by atoms with van der Waals surface area (Å²) in [5.74, 6) is -0.351. The molecule has 0 atom stereocenters. The highest BCUT2D eigenvalue weighted by molar-refractivity contribution is 5.92. The number of methoxy groups -OCH3 is 1. The van der Waals surface area contributed by atoms with E-state index in [1.54, 1.807) is 13.3 Å². The molecule has 0 amide bonds. The fourth-order valence-electron chi connectivity index (χ4n) is 2.38. The highest BCUT2D eigenvalue weighted by Gasteiger charge is 2.19. The summed E-state index contributed by atoms with van der Waals surface area (Å²) < 4.78 is 10.7. The number of ether oxygens (including phenoxy) is 2. The Labute approximate surface area is 131 Å². The van der Waals surface area contributed by atoms with E-state index in [-0.39, 0.29) is 12.6 Å². The SMILES string of the molecule is CCc1cnc(C)c(C(=O)OCc2ccccc2)c1COC. The van der Waals surface area contributed by atoms with Gasteiger partial charge >= 0.3 is 5.97 Å². The summed E-state index contributed by atoms with van der Waals surface area (Å²) in [5, 5.41) is 0. The molecular formula is C18H21NO3. The molecule has 4 nitrogen and oxygen atoms in total. The van der Waals surface area contributed by atoms with E-state index >= 15 is 0 Å². The van der Waals surface area contributed by atoms with Crippen molar-refractivity contribution in [1.82, 2.24) is 4.98 Å². The molecule has 0 N–H and O–H groups in total. The maximum absolute atomic E-state index is 12.5. The van der Waals surface area contributed by atoms with Crippen molar-refractivity contribution in [2.45, 2.75) is 33.5 Å². The Hall–Kier alpha value is -2.20. The first-order valence-corrected chi connectivity index (χ1v) is 7.34. The predicted octanol–water partition coefficient (Wildman–Crippen LogP) is 3.46. The second-order valence-electron chi connectivity index (χ2n) is 5.07. The average molecular weight is 299 g/mol. The van der Waals surface area contributed by atoms with Gasteiger partial charge in [-0.05, 0) is 30.0 Å². The number of nitrogens with zero attached hydrogens (tertiary/aromatic N) is 1. The second-order valence-corrected chi connectivity index (χ2v) is 5.07. The summed E-state index contributed by atoms with van der Waals surface area (Å²) in [6.07, 6.45) is 2.60. The summed E-state index contributed by atoms with van der Waals surface area (Å²) >= 11 is 0. The molecule has 1 aromatic carbocycles. The predicted molar refractivity (Wildman–Crippen MR) is 84.6 cm³/mol. The van der Waals surface area contributed by atoms with Crippen LogP contribution in [0.3, 0.4) is 0 Å². The van der Waals surface area contributed by atoms with E-state index in [1.165, 1.54) is 0 Å². The van der Waals surface area contributed by atoms with Gasteiger partial charge < -0.3 is 9.47 Å². The molecule has 0 aliphatic carbocycles. The number of aromatic nitrogens is 1. The highest BCUT2D eigenvalue weighted by Crippen LogP contribution is 2.20. The summed E-state index contributed by atoms with van der Waals surface area (Å²) in [6.45, 7) is 4.48. The number of aryl methyl sites for hydroxylation is 2. The van der Waals surface area contributed by atoms with Gasteiger partial charge in [0.15, 0.2) is 0 Å². The van der Waals surface area contributed by atoms with Crippen LogP contribution in [0.25, 0.3) is 0 Å². The summed E-state index contributed by atoms with van der Waals surface area (Å²) in [7, 11) is 1.62. The summed E-state index contributed by atoms with van der Waals surface area (Å²) in [6, 6.07) is 9.63. The van der Waals surface area contributed by atoms with Crippen molar-refractivity contribution >= 4 is 5.97 Å². The van der Waals surface area contributed by atoms with Gasteiger partial charge in [-0.1, -0.05) is 37.3 Å². The Balaban J connectivity index is 2.24. The standard InChI is InChI=1S/C18H21NO3/c1-4-15-10-19-13(2)17(16(15)12-21-3)18(20)22-11-14-8-6-5-7-9-14/h5-10H,4,11-12H2,1-3H3. The average Bonchev–Trinajstić information content (AvgIpc) is 2.54. The molecule has 0 radical (unpaired) electrons.